The number of unbranched alkanes of at least 4 members (excludes halogenated alkanes) is 4. The summed E-state index contributed by atoms with van der Waals surface area (Å²) < 4.78 is 11.6. The van der Waals surface area contributed by atoms with Crippen molar-refractivity contribution in [2.24, 2.45) is 0 Å². The molecule has 0 amide bonds. The average molecular weight is 326 g/mol. The minimum atomic E-state index is -0.523. The van der Waals surface area contributed by atoms with Gasteiger partial charge >= 0.3 is 11.7 Å². The number of aromatic nitrogens is 2. The molecule has 1 N–H and O–H groups in total. The Hall–Kier alpha value is -1.89. The van der Waals surface area contributed by atoms with Gasteiger partial charge in [0, 0.05) is 18.2 Å². The van der Waals surface area contributed by atoms with E-state index in [9.17, 15) is 14.4 Å². The Morgan fingerprint density at radius 3 is 2.65 bits per heavy atom. The van der Waals surface area contributed by atoms with Crippen LogP contribution in [0, 0.1) is 6.92 Å². The molecule has 0 aromatic carbocycles. The van der Waals surface area contributed by atoms with E-state index in [-0.39, 0.29) is 25.9 Å². The minimum absolute atomic E-state index is 0.00498. The van der Waals surface area contributed by atoms with Crippen LogP contribution in [0.25, 0.3) is 0 Å². The highest BCUT2D eigenvalue weighted by molar-refractivity contribution is 5.69. The number of hydrogen-bond donors (Lipinski definition) is 1. The van der Waals surface area contributed by atoms with Crippen molar-refractivity contribution in [2.75, 3.05) is 13.2 Å². The first kappa shape index (κ1) is 19.2. The van der Waals surface area contributed by atoms with Crippen LogP contribution >= 0.6 is 0 Å². The molecular weight excluding hydrogens is 300 g/mol. The average Bonchev–Trinajstić information content (AvgIpc) is 2.51. The fourth-order valence-corrected chi connectivity index (χ4v) is 2.04. The second-order valence-electron chi connectivity index (χ2n) is 5.46. The quantitative estimate of drug-likeness (QED) is 0.494. The molecule has 0 radical (unpaired) electrons. The molecule has 0 aliphatic heterocycles. The van der Waals surface area contributed by atoms with E-state index in [0.717, 1.165) is 19.3 Å². The molecule has 0 fully saturated rings. The molecule has 1 heterocycles. The molecule has 130 valence electrons. The molecule has 0 bridgehead atoms. The molecule has 7 heteroatoms. The number of aromatic amines is 1. The van der Waals surface area contributed by atoms with Crippen LogP contribution in [0.3, 0.4) is 0 Å². The number of rotatable bonds is 11. The Kier molecular flexibility index (Phi) is 8.97. The second-order valence-corrected chi connectivity index (χ2v) is 5.46. The Labute approximate surface area is 135 Å². The highest BCUT2D eigenvalue weighted by Gasteiger charge is 2.03. The van der Waals surface area contributed by atoms with E-state index in [1.165, 1.54) is 23.6 Å². The van der Waals surface area contributed by atoms with Gasteiger partial charge in [-0.2, -0.15) is 0 Å². The summed E-state index contributed by atoms with van der Waals surface area (Å²) in [6, 6.07) is 0. The van der Waals surface area contributed by atoms with Crippen LogP contribution in [0.4, 0.5) is 0 Å². The predicted octanol–water partition coefficient (Wildman–Crippen LogP) is 1.72. The zero-order valence-corrected chi connectivity index (χ0v) is 13.9. The van der Waals surface area contributed by atoms with Gasteiger partial charge in [-0.05, 0) is 13.3 Å². The first-order chi connectivity index (χ1) is 11.0. The maximum Gasteiger partial charge on any atom is 0.330 e. The molecule has 0 atom stereocenters. The molecule has 0 spiro atoms. The lowest BCUT2D eigenvalue weighted by molar-refractivity contribution is -0.145. The molecule has 1 aromatic heterocycles. The lowest BCUT2D eigenvalue weighted by Crippen LogP contribution is -2.31. The number of aryl methyl sites for hydroxylation is 1. The molecule has 7 nitrogen and oxygen atoms in total. The van der Waals surface area contributed by atoms with E-state index >= 15 is 0 Å². The van der Waals surface area contributed by atoms with Gasteiger partial charge < -0.3 is 9.47 Å². The van der Waals surface area contributed by atoms with Gasteiger partial charge in [0.15, 0.2) is 0 Å². The number of carbonyl (C=O) groups excluding carboxylic acids is 1. The zero-order valence-electron chi connectivity index (χ0n) is 13.9. The van der Waals surface area contributed by atoms with Crippen LogP contribution in [0.5, 0.6) is 0 Å². The Bertz CT molecular complexity index is 591. The summed E-state index contributed by atoms with van der Waals surface area (Å²) in [4.78, 5) is 36.4. The summed E-state index contributed by atoms with van der Waals surface area (Å²) >= 11 is 0. The Balaban J connectivity index is 2.13. The summed E-state index contributed by atoms with van der Waals surface area (Å²) in [5.41, 5.74) is -0.494. The van der Waals surface area contributed by atoms with Gasteiger partial charge in [0.2, 0.25) is 0 Å². The van der Waals surface area contributed by atoms with Gasteiger partial charge in [-0.25, -0.2) is 4.79 Å². The normalized spacial score (nSPS) is 10.7. The monoisotopic (exact) mass is 326 g/mol. The highest BCUT2D eigenvalue weighted by Crippen LogP contribution is 2.05. The third kappa shape index (κ3) is 7.78. The summed E-state index contributed by atoms with van der Waals surface area (Å²) in [6.07, 6.45) is 7.30. The fraction of sp³-hybridized carbons (Fsp3) is 0.688. The molecule has 1 rings (SSSR count). The van der Waals surface area contributed by atoms with Crippen LogP contribution in [0.1, 0.15) is 51.0 Å². The summed E-state index contributed by atoms with van der Waals surface area (Å²) in [6.45, 7) is 4.12. The van der Waals surface area contributed by atoms with E-state index in [1.807, 2.05) is 0 Å². The minimum Gasteiger partial charge on any atom is -0.463 e. The molecule has 0 saturated heterocycles. The van der Waals surface area contributed by atoms with Crippen molar-refractivity contribution in [3.63, 3.8) is 0 Å². The second kappa shape index (κ2) is 10.8. The molecule has 0 aliphatic rings. The number of H-pyrrole nitrogens is 1. The van der Waals surface area contributed by atoms with Gasteiger partial charge in [-0.1, -0.05) is 32.6 Å². The van der Waals surface area contributed by atoms with Gasteiger partial charge in [0.1, 0.15) is 13.3 Å². The van der Waals surface area contributed by atoms with Crippen LogP contribution < -0.4 is 11.2 Å². The van der Waals surface area contributed by atoms with Crippen LogP contribution in [0.2, 0.25) is 0 Å². The highest BCUT2D eigenvalue weighted by atomic mass is 16.6. The smallest absolute Gasteiger partial charge is 0.330 e. The number of nitrogens with zero attached hydrogens (tertiary/aromatic N) is 1. The van der Waals surface area contributed by atoms with Crippen LogP contribution in [-0.4, -0.2) is 28.7 Å². The topological polar surface area (TPSA) is 90.4 Å². The lowest BCUT2D eigenvalue weighted by atomic mass is 10.1. The van der Waals surface area contributed by atoms with Crippen molar-refractivity contribution < 1.29 is 14.3 Å². The number of ether oxygens (including phenoxy) is 2. The van der Waals surface area contributed by atoms with Crippen molar-refractivity contribution in [1.82, 2.24) is 9.55 Å². The lowest BCUT2D eigenvalue weighted by Gasteiger charge is -2.08. The summed E-state index contributed by atoms with van der Waals surface area (Å²) in [5.74, 6) is -0.220. The molecule has 23 heavy (non-hydrogen) atoms. The van der Waals surface area contributed by atoms with Gasteiger partial charge in [0.25, 0.3) is 5.56 Å². The van der Waals surface area contributed by atoms with E-state index in [0.29, 0.717) is 12.0 Å². The third-order valence-electron chi connectivity index (χ3n) is 3.39. The summed E-state index contributed by atoms with van der Waals surface area (Å²) in [7, 11) is 0. The maximum atomic E-state index is 11.5. The Morgan fingerprint density at radius 2 is 1.91 bits per heavy atom. The number of carbonyl (C=O) groups is 1. The van der Waals surface area contributed by atoms with Gasteiger partial charge in [-0.15, -0.1) is 0 Å². The van der Waals surface area contributed by atoms with Crippen molar-refractivity contribution >= 4 is 5.97 Å². The van der Waals surface area contributed by atoms with Crippen LogP contribution in [-0.2, 0) is 21.0 Å². The van der Waals surface area contributed by atoms with Crippen molar-refractivity contribution in [3.05, 3.63) is 32.6 Å². The van der Waals surface area contributed by atoms with Gasteiger partial charge in [-0.3, -0.25) is 19.1 Å². The number of hydrogen-bond acceptors (Lipinski definition) is 5. The number of esters is 1. The van der Waals surface area contributed by atoms with Crippen molar-refractivity contribution in [2.45, 2.75) is 59.1 Å². The standard InChI is InChI=1S/C16H26N2O5/c1-3-4-5-6-7-8-14(19)23-10-9-22-12-18-11-13(2)15(20)17-16(18)21/h11H,3-10,12H2,1-2H3,(H,17,20,21). The third-order valence-corrected chi connectivity index (χ3v) is 3.39. The van der Waals surface area contributed by atoms with Crippen LogP contribution in [0.15, 0.2) is 15.8 Å². The predicted molar refractivity (Wildman–Crippen MR) is 86.3 cm³/mol. The zero-order chi connectivity index (χ0) is 17.1. The molecular formula is C16H26N2O5. The van der Waals surface area contributed by atoms with E-state index < -0.39 is 11.2 Å². The molecule has 1 aromatic rings. The largest absolute Gasteiger partial charge is 0.463 e. The first-order valence-electron chi connectivity index (χ1n) is 8.08. The molecule has 0 aliphatic carbocycles. The summed E-state index contributed by atoms with van der Waals surface area (Å²) in [5, 5.41) is 0. The van der Waals surface area contributed by atoms with Crippen molar-refractivity contribution in [3.8, 4) is 0 Å². The van der Waals surface area contributed by atoms with E-state index in [1.54, 1.807) is 6.92 Å². The maximum absolute atomic E-state index is 11.5. The fourth-order valence-electron chi connectivity index (χ4n) is 2.04. The first-order valence-corrected chi connectivity index (χ1v) is 8.08. The van der Waals surface area contributed by atoms with Crippen molar-refractivity contribution in [1.29, 1.82) is 0 Å². The van der Waals surface area contributed by atoms with E-state index in [4.69, 9.17) is 9.47 Å². The van der Waals surface area contributed by atoms with E-state index in [2.05, 4.69) is 11.9 Å². The number of nitrogens with one attached hydrogen (secondary N) is 1. The SMILES string of the molecule is CCCCCCCC(=O)OCCOCn1cc(C)c(=O)[nH]c1=O. The Morgan fingerprint density at radius 1 is 1.17 bits per heavy atom. The molecule has 0 saturated carbocycles. The molecule has 0 unspecified atom stereocenters. The van der Waals surface area contributed by atoms with Gasteiger partial charge in [0.05, 0.1) is 6.61 Å².